The first kappa shape index (κ1) is 87.2. The molecule has 0 saturated heterocycles. The zero-order valence-electron chi connectivity index (χ0n) is 63.5. The van der Waals surface area contributed by atoms with E-state index in [0.717, 1.165) is 0 Å². The third-order valence-corrected chi connectivity index (χ3v) is 21.7. The van der Waals surface area contributed by atoms with E-state index in [9.17, 15) is 0 Å². The summed E-state index contributed by atoms with van der Waals surface area (Å²) in [6, 6.07) is 7.52. The van der Waals surface area contributed by atoms with Crippen molar-refractivity contribution in [3.05, 3.63) is 34.9 Å². The molecule has 0 spiro atoms. The summed E-state index contributed by atoms with van der Waals surface area (Å²) < 4.78 is 0. The van der Waals surface area contributed by atoms with Crippen molar-refractivity contribution in [2.24, 2.45) is 0 Å². The van der Waals surface area contributed by atoms with Gasteiger partial charge in [-0.1, -0.05) is 521 Å². The van der Waals surface area contributed by atoms with Crippen LogP contribution in [0.5, 0.6) is 0 Å². The van der Waals surface area contributed by atoms with Crippen molar-refractivity contribution < 1.29 is 0 Å². The molecule has 0 amide bonds. The van der Waals surface area contributed by atoms with E-state index >= 15 is 0 Å². The Morgan fingerprint density at radius 2 is 0.244 bits per heavy atom. The zero-order chi connectivity index (χ0) is 64.1. The second-order valence-corrected chi connectivity index (χ2v) is 30.8. The molecular formula is C90H174. The largest absolute Gasteiger partial charge is 0.0654 e. The molecule has 1 aromatic rings. The van der Waals surface area contributed by atoms with E-state index in [-0.39, 0.29) is 0 Å². The summed E-state index contributed by atoms with van der Waals surface area (Å²) in [6.07, 6.45) is 119. The van der Waals surface area contributed by atoms with E-state index in [1.54, 1.807) is 16.7 Å². The number of aryl methyl sites for hydroxylation is 2. The molecule has 0 heteroatoms. The Morgan fingerprint density at radius 1 is 0.133 bits per heavy atom. The molecule has 0 atom stereocenters. The molecule has 0 fully saturated rings. The molecule has 1 rings (SSSR count). The Labute approximate surface area is 572 Å². The van der Waals surface area contributed by atoms with Crippen LogP contribution in [0, 0.1) is 0 Å². The van der Waals surface area contributed by atoms with Gasteiger partial charge < -0.3 is 0 Å². The van der Waals surface area contributed by atoms with Crippen molar-refractivity contribution in [2.75, 3.05) is 0 Å². The Bertz CT molecular complexity index is 1330. The smallest absolute Gasteiger partial charge is 0.0273 e. The summed E-state index contributed by atoms with van der Waals surface area (Å²) in [4.78, 5) is 0. The molecule has 0 heterocycles. The lowest BCUT2D eigenvalue weighted by Crippen LogP contribution is -2.02. The molecule has 0 aliphatic rings. The van der Waals surface area contributed by atoms with Gasteiger partial charge in [-0.15, -0.1) is 0 Å². The molecule has 0 N–H and O–H groups in total. The molecule has 1 aromatic carbocycles. The van der Waals surface area contributed by atoms with Gasteiger partial charge in [-0.2, -0.15) is 0 Å². The third-order valence-electron chi connectivity index (χ3n) is 21.7. The van der Waals surface area contributed by atoms with Crippen LogP contribution >= 0.6 is 0 Å². The molecule has 0 unspecified atom stereocenters. The SMILES string of the molecule is CCCCCCCCCCCCCCCCCCCCCCCCCCCCc1cccc(CCCCCCCCCCCCCCCCCCCCCCCCCCCC)c1CCCCCCCCCCCCCCCCCCCCCCCCCCCC. The van der Waals surface area contributed by atoms with Crippen LogP contribution in [0.25, 0.3) is 0 Å². The van der Waals surface area contributed by atoms with Crippen LogP contribution in [-0.4, -0.2) is 0 Å². The predicted molar refractivity (Wildman–Crippen MR) is 415 cm³/mol. The highest BCUT2D eigenvalue weighted by Crippen LogP contribution is 2.26. The van der Waals surface area contributed by atoms with Crippen molar-refractivity contribution in [3.63, 3.8) is 0 Å². The lowest BCUT2D eigenvalue weighted by molar-refractivity contribution is 0.515. The van der Waals surface area contributed by atoms with Gasteiger partial charge in [0.05, 0.1) is 0 Å². The lowest BCUT2D eigenvalue weighted by Gasteiger charge is -2.16. The second-order valence-electron chi connectivity index (χ2n) is 30.8. The number of hydrogen-bond acceptors (Lipinski definition) is 0. The average molecular weight is 1260 g/mol. The molecule has 534 valence electrons. The number of hydrogen-bond donors (Lipinski definition) is 0. The summed E-state index contributed by atoms with van der Waals surface area (Å²) in [5.41, 5.74) is 5.25. The maximum Gasteiger partial charge on any atom is -0.0273 e. The highest BCUT2D eigenvalue weighted by atomic mass is 14.2. The van der Waals surface area contributed by atoms with Gasteiger partial charge in [0.25, 0.3) is 0 Å². The first-order valence-corrected chi connectivity index (χ1v) is 43.9. The molecule has 0 saturated carbocycles. The minimum atomic E-state index is 1.32. The van der Waals surface area contributed by atoms with Crippen LogP contribution in [0.1, 0.15) is 538 Å². The van der Waals surface area contributed by atoms with E-state index < -0.39 is 0 Å². The van der Waals surface area contributed by atoms with Crippen LogP contribution in [0.4, 0.5) is 0 Å². The van der Waals surface area contributed by atoms with Crippen LogP contribution in [0.3, 0.4) is 0 Å². The Morgan fingerprint density at radius 3 is 0.378 bits per heavy atom. The first-order valence-electron chi connectivity index (χ1n) is 43.9. The van der Waals surface area contributed by atoms with E-state index in [4.69, 9.17) is 0 Å². The molecule has 0 aliphatic heterocycles. The van der Waals surface area contributed by atoms with Crippen molar-refractivity contribution in [2.45, 2.75) is 541 Å². The fourth-order valence-electron chi connectivity index (χ4n) is 15.4. The maximum absolute atomic E-state index is 2.54. The first-order chi connectivity index (χ1) is 44.8. The predicted octanol–water partition coefficient (Wildman–Crippen LogP) is 33.8. The Balaban J connectivity index is 2.22. The summed E-state index contributed by atoms with van der Waals surface area (Å²) in [5.74, 6) is 0. The Hall–Kier alpha value is -0.780. The van der Waals surface area contributed by atoms with E-state index in [1.165, 1.54) is 520 Å². The van der Waals surface area contributed by atoms with Crippen molar-refractivity contribution >= 4 is 0 Å². The van der Waals surface area contributed by atoms with Gasteiger partial charge in [0.1, 0.15) is 0 Å². The fourth-order valence-corrected chi connectivity index (χ4v) is 15.4. The average Bonchev–Trinajstić information content (AvgIpc) is 2.01. The quantitative estimate of drug-likeness (QED) is 0.0570. The topological polar surface area (TPSA) is 0 Å². The lowest BCUT2D eigenvalue weighted by atomic mass is 9.90. The molecule has 0 nitrogen and oxygen atoms in total. The van der Waals surface area contributed by atoms with E-state index in [1.807, 2.05) is 0 Å². The molecule has 0 aliphatic carbocycles. The van der Waals surface area contributed by atoms with Crippen LogP contribution < -0.4 is 0 Å². The van der Waals surface area contributed by atoms with E-state index in [2.05, 4.69) is 39.0 Å². The molecule has 0 bridgehead atoms. The summed E-state index contributed by atoms with van der Waals surface area (Å²) in [6.45, 7) is 6.96. The summed E-state index contributed by atoms with van der Waals surface area (Å²) in [5, 5.41) is 0. The highest BCUT2D eigenvalue weighted by Gasteiger charge is 2.10. The highest BCUT2D eigenvalue weighted by molar-refractivity contribution is 5.36. The number of rotatable bonds is 81. The fraction of sp³-hybridized carbons (Fsp3) is 0.933. The van der Waals surface area contributed by atoms with E-state index in [0.29, 0.717) is 0 Å². The molecule has 0 radical (unpaired) electrons. The van der Waals surface area contributed by atoms with Crippen molar-refractivity contribution in [1.82, 2.24) is 0 Å². The monoisotopic (exact) mass is 1260 g/mol. The van der Waals surface area contributed by atoms with Crippen LogP contribution in [-0.2, 0) is 19.3 Å². The van der Waals surface area contributed by atoms with Crippen LogP contribution in [0.15, 0.2) is 18.2 Å². The standard InChI is InChI=1S/C90H174/c1-4-7-10-13-16-19-22-25-28-31-34-37-40-43-46-49-52-55-58-61-64-67-70-73-76-79-83-88-85-82-86-89(84-80-77-74-71-68-65-62-59-56-53-50-47-44-41-38-35-32-29-26-23-20-17-14-11-8-5-2)90(88)87-81-78-75-72-69-66-63-60-57-54-51-48-45-42-39-36-33-30-27-24-21-18-15-12-9-6-3/h82,85-86H,4-81,83-84,87H2,1-3H3. The number of benzene rings is 1. The van der Waals surface area contributed by atoms with Gasteiger partial charge in [-0.25, -0.2) is 0 Å². The van der Waals surface area contributed by atoms with Gasteiger partial charge in [-0.05, 0) is 55.2 Å². The third kappa shape index (κ3) is 68.6. The van der Waals surface area contributed by atoms with Gasteiger partial charge in [0, 0.05) is 0 Å². The number of unbranched alkanes of at least 4 members (excludes halogenated alkanes) is 75. The molecule has 0 aromatic heterocycles. The van der Waals surface area contributed by atoms with Crippen LogP contribution in [0.2, 0.25) is 0 Å². The van der Waals surface area contributed by atoms with Crippen molar-refractivity contribution in [3.8, 4) is 0 Å². The summed E-state index contributed by atoms with van der Waals surface area (Å²) in [7, 11) is 0. The zero-order valence-corrected chi connectivity index (χ0v) is 63.5. The van der Waals surface area contributed by atoms with Gasteiger partial charge in [0.15, 0.2) is 0 Å². The second kappa shape index (κ2) is 78.9. The minimum Gasteiger partial charge on any atom is -0.0654 e. The molecular weight excluding hydrogens is 1080 g/mol. The maximum atomic E-state index is 2.54. The summed E-state index contributed by atoms with van der Waals surface area (Å²) >= 11 is 0. The Kier molecular flexibility index (Phi) is 76.5. The molecule has 90 heavy (non-hydrogen) atoms. The van der Waals surface area contributed by atoms with Gasteiger partial charge in [0.2, 0.25) is 0 Å². The van der Waals surface area contributed by atoms with Gasteiger partial charge >= 0.3 is 0 Å². The minimum absolute atomic E-state index is 1.32. The van der Waals surface area contributed by atoms with Crippen molar-refractivity contribution in [1.29, 1.82) is 0 Å². The normalized spacial score (nSPS) is 11.8. The van der Waals surface area contributed by atoms with Gasteiger partial charge in [-0.3, -0.25) is 0 Å².